The fourth-order valence-electron chi connectivity index (χ4n) is 4.96. The highest BCUT2D eigenvalue weighted by Gasteiger charge is 2.38. The van der Waals surface area contributed by atoms with Crippen molar-refractivity contribution in [1.29, 1.82) is 0 Å². The highest BCUT2D eigenvalue weighted by Crippen LogP contribution is 2.37. The van der Waals surface area contributed by atoms with Crippen molar-refractivity contribution in [2.45, 2.75) is 15.5 Å². The third kappa shape index (κ3) is 5.84. The molecule has 0 atom stereocenters. The van der Waals surface area contributed by atoms with Crippen molar-refractivity contribution in [3.05, 3.63) is 150 Å². The van der Waals surface area contributed by atoms with Crippen LogP contribution in [0.1, 0.15) is 5.56 Å². The molecule has 6 rings (SSSR count). The van der Waals surface area contributed by atoms with Crippen molar-refractivity contribution >= 4 is 43.9 Å². The molecule has 11 heteroatoms. The zero-order chi connectivity index (χ0) is 31.6. The number of hydrogen-bond acceptors (Lipinski definition) is 1. The lowest BCUT2D eigenvalue weighted by Crippen LogP contribution is -2.41. The molecule has 0 heterocycles. The van der Waals surface area contributed by atoms with Crippen LogP contribution in [0, 0.1) is 29.1 Å². The van der Waals surface area contributed by atoms with Crippen LogP contribution in [0.25, 0.3) is 21.5 Å². The normalized spacial score (nSPS) is 11.8. The van der Waals surface area contributed by atoms with Gasteiger partial charge < -0.3 is 12.9 Å². The van der Waals surface area contributed by atoms with Gasteiger partial charge in [0.25, 0.3) is 0 Å². The Kier molecular flexibility index (Phi) is 8.61. The molecule has 0 aliphatic heterocycles. The van der Waals surface area contributed by atoms with Gasteiger partial charge in [0.15, 0.2) is 37.2 Å². The molecule has 0 spiro atoms. The van der Waals surface area contributed by atoms with E-state index >= 15 is 0 Å². The van der Waals surface area contributed by atoms with Crippen LogP contribution in [0.4, 0.5) is 34.9 Å². The van der Waals surface area contributed by atoms with Crippen molar-refractivity contribution in [2.24, 2.45) is 0 Å². The Bertz CT molecular complexity index is 1890. The van der Waals surface area contributed by atoms with Crippen LogP contribution >= 0.6 is 0 Å². The first-order valence-corrected chi connectivity index (χ1v) is 14.9. The second-order valence-electron chi connectivity index (χ2n) is 9.80. The molecule has 0 aliphatic carbocycles. The third-order valence-electron chi connectivity index (χ3n) is 7.05. The maximum absolute atomic E-state index is 14.6. The van der Waals surface area contributed by atoms with E-state index in [1.165, 1.54) is 21.5 Å². The Morgan fingerprint density at radius 2 is 0.864 bits per heavy atom. The van der Waals surface area contributed by atoms with Gasteiger partial charge in [-0.25, -0.2) is 22.0 Å². The minimum atomic E-state index is -6.30. The summed E-state index contributed by atoms with van der Waals surface area (Å²) in [5.41, 5.74) is -1.58. The van der Waals surface area contributed by atoms with Gasteiger partial charge in [0.2, 0.25) is 0 Å². The molecule has 224 valence electrons. The van der Waals surface area contributed by atoms with Gasteiger partial charge in [0, 0.05) is 5.56 Å². The third-order valence-corrected chi connectivity index (χ3v) is 9.81. The molecule has 0 fully saturated rings. The minimum Gasteiger partial charge on any atom is -0.445 e. The van der Waals surface area contributed by atoms with E-state index in [0.717, 1.165) is 15.4 Å². The molecule has 44 heavy (non-hydrogen) atoms. The summed E-state index contributed by atoms with van der Waals surface area (Å²) in [5.74, 6) is -13.1. The van der Waals surface area contributed by atoms with Gasteiger partial charge in [-0.3, -0.25) is 0 Å². The standard InChI is InChI=1S/C27H21OS.C6BF8/c28-29(23-13-3-1-4-14-23,24-15-5-2-6-16-24)20-27-25-17-9-7-11-21(25)19-22-12-8-10-18-26(22)27;8-2-1(7(13,14)15)3(9)5(11)6(12)4(2)10/h1-19H,20H2;/q+1;-1. The van der Waals surface area contributed by atoms with Crippen molar-refractivity contribution in [3.8, 4) is 0 Å². The van der Waals surface area contributed by atoms with Gasteiger partial charge in [0.05, 0.1) is 0 Å². The molecule has 0 unspecified atom stereocenters. The first kappa shape index (κ1) is 30.9. The lowest BCUT2D eigenvalue weighted by molar-refractivity contribution is 0.377. The van der Waals surface area contributed by atoms with Crippen LogP contribution in [-0.2, 0) is 19.9 Å². The van der Waals surface area contributed by atoms with Crippen molar-refractivity contribution in [3.63, 3.8) is 0 Å². The van der Waals surface area contributed by atoms with E-state index in [1.807, 2.05) is 60.7 Å². The molecule has 0 saturated carbocycles. The average molecular weight is 628 g/mol. The van der Waals surface area contributed by atoms with Crippen molar-refractivity contribution in [1.82, 2.24) is 0 Å². The first-order chi connectivity index (χ1) is 20.9. The van der Waals surface area contributed by atoms with Crippen LogP contribution in [0.5, 0.6) is 0 Å². The molecule has 0 N–H and O–H groups in total. The van der Waals surface area contributed by atoms with E-state index < -0.39 is 51.5 Å². The summed E-state index contributed by atoms with van der Waals surface area (Å²) in [6.07, 6.45) is 0. The summed E-state index contributed by atoms with van der Waals surface area (Å²) < 4.78 is 112. The maximum Gasteiger partial charge on any atom is 0.515 e. The van der Waals surface area contributed by atoms with Gasteiger partial charge in [-0.15, -0.1) is 0 Å². The molecule has 0 aromatic heterocycles. The van der Waals surface area contributed by atoms with E-state index in [9.17, 15) is 39.1 Å². The predicted molar refractivity (Wildman–Crippen MR) is 158 cm³/mol. The summed E-state index contributed by atoms with van der Waals surface area (Å²) in [5, 5.41) is 4.71. The quantitative estimate of drug-likeness (QED) is 0.0464. The van der Waals surface area contributed by atoms with E-state index in [1.54, 1.807) is 0 Å². The highest BCUT2D eigenvalue weighted by atomic mass is 32.2. The number of rotatable bonds is 5. The highest BCUT2D eigenvalue weighted by molar-refractivity contribution is 8.02. The molecular formula is C33H21BF8OS. The molecule has 0 saturated heterocycles. The summed E-state index contributed by atoms with van der Waals surface area (Å²) in [6, 6.07) is 38.8. The molecule has 0 amide bonds. The fourth-order valence-corrected chi connectivity index (χ4v) is 7.48. The molecule has 0 bridgehead atoms. The summed E-state index contributed by atoms with van der Waals surface area (Å²) in [6.45, 7) is -6.30. The van der Waals surface area contributed by atoms with Gasteiger partial charge >= 0.3 is 6.98 Å². The Morgan fingerprint density at radius 1 is 0.500 bits per heavy atom. The number of fused-ring (bicyclic) bond motifs is 2. The lowest BCUT2D eigenvalue weighted by atomic mass is 9.79. The molecule has 1 nitrogen and oxygen atoms in total. The van der Waals surface area contributed by atoms with Crippen LogP contribution in [-0.4, -0.2) is 6.98 Å². The molecule has 0 aliphatic rings. The van der Waals surface area contributed by atoms with Crippen LogP contribution in [0.3, 0.4) is 0 Å². The van der Waals surface area contributed by atoms with E-state index in [0.29, 0.717) is 5.75 Å². The monoisotopic (exact) mass is 628 g/mol. The molecule has 6 aromatic carbocycles. The summed E-state index contributed by atoms with van der Waals surface area (Å²) in [7, 11) is -2.48. The fraction of sp³-hybridized carbons (Fsp3) is 0.0303. The largest absolute Gasteiger partial charge is 0.515 e. The predicted octanol–water partition coefficient (Wildman–Crippen LogP) is 9.55. The van der Waals surface area contributed by atoms with E-state index in [4.69, 9.17) is 0 Å². The molecular weight excluding hydrogens is 607 g/mol. The maximum atomic E-state index is 14.6. The van der Waals surface area contributed by atoms with Crippen molar-refractivity contribution in [2.75, 3.05) is 0 Å². The average Bonchev–Trinajstić information content (AvgIpc) is 3.03. The van der Waals surface area contributed by atoms with Gasteiger partial charge in [-0.1, -0.05) is 89.1 Å². The zero-order valence-electron chi connectivity index (χ0n) is 22.6. The van der Waals surface area contributed by atoms with Crippen molar-refractivity contribution < 1.29 is 39.1 Å². The zero-order valence-corrected chi connectivity index (χ0v) is 23.4. The minimum absolute atomic E-state index is 0.475. The summed E-state index contributed by atoms with van der Waals surface area (Å²) >= 11 is 0. The van der Waals surface area contributed by atoms with Gasteiger partial charge in [-0.05, 0) is 57.3 Å². The van der Waals surface area contributed by atoms with Crippen LogP contribution in [0.2, 0.25) is 0 Å². The van der Waals surface area contributed by atoms with Crippen LogP contribution < -0.4 is 5.46 Å². The Balaban J connectivity index is 0.000000217. The Labute approximate surface area is 248 Å². The van der Waals surface area contributed by atoms with Gasteiger partial charge in [-0.2, -0.15) is 0 Å². The van der Waals surface area contributed by atoms with E-state index in [-0.39, 0.29) is 0 Å². The topological polar surface area (TPSA) is 17.1 Å². The van der Waals surface area contributed by atoms with Gasteiger partial charge in [0.1, 0.15) is 17.4 Å². The number of benzene rings is 6. The second kappa shape index (κ2) is 12.2. The SMILES string of the molecule is Fc1c(F)c(F)c([B-](F)(F)F)c(F)c1F.O=[S+](Cc1c2ccccc2cc2ccccc12)(c1ccccc1)c1ccccc1. The molecule has 0 radical (unpaired) electrons. The molecule has 6 aromatic rings. The Hall–Kier alpha value is -4.51. The van der Waals surface area contributed by atoms with Crippen LogP contribution in [0.15, 0.2) is 125 Å². The number of hydrogen-bond donors (Lipinski definition) is 0. The second-order valence-corrected chi connectivity index (χ2v) is 12.4. The smallest absolute Gasteiger partial charge is 0.445 e. The first-order valence-electron chi connectivity index (χ1n) is 13.2. The van der Waals surface area contributed by atoms with E-state index in [2.05, 4.69) is 54.6 Å². The number of halogens is 8. The summed E-state index contributed by atoms with van der Waals surface area (Å²) in [4.78, 5) is 1.76. The Morgan fingerprint density at radius 3 is 1.27 bits per heavy atom. The lowest BCUT2D eigenvalue weighted by Gasteiger charge is -2.17.